The van der Waals surface area contributed by atoms with Crippen LogP contribution < -0.4 is 0 Å². The number of benzene rings is 2. The Balaban J connectivity index is 3.05. The molecule has 0 radical (unpaired) electrons. The van der Waals surface area contributed by atoms with Gasteiger partial charge in [0, 0.05) is 5.39 Å². The van der Waals surface area contributed by atoms with Crippen molar-refractivity contribution < 1.29 is 34.8 Å². The summed E-state index contributed by atoms with van der Waals surface area (Å²) in [5.74, 6) is -5.32. The summed E-state index contributed by atoms with van der Waals surface area (Å²) in [5.41, 5.74) is -1.54. The zero-order valence-corrected chi connectivity index (χ0v) is 9.82. The number of hydrogen-bond acceptors (Lipinski definition) is 4. The smallest absolute Gasteiger partial charge is 0.340 e. The molecule has 0 amide bonds. The minimum absolute atomic E-state index is 0.0418. The van der Waals surface area contributed by atoms with Crippen LogP contribution in [0.3, 0.4) is 0 Å². The largest absolute Gasteiger partial charge is 0.506 e. The maximum absolute atomic E-state index is 11.2. The number of aromatic carboxylic acids is 3. The molecule has 4 N–H and O–H groups in total. The Morgan fingerprint density at radius 2 is 1.40 bits per heavy atom. The lowest BCUT2D eigenvalue weighted by atomic mass is 9.96. The summed E-state index contributed by atoms with van der Waals surface area (Å²) in [5, 5.41) is 36.8. The van der Waals surface area contributed by atoms with E-state index in [1.807, 2.05) is 0 Å². The fraction of sp³-hybridized carbons (Fsp3) is 0. The molecule has 0 aliphatic rings. The van der Waals surface area contributed by atoms with Gasteiger partial charge in [0.1, 0.15) is 16.9 Å². The van der Waals surface area contributed by atoms with Crippen LogP contribution in [0.25, 0.3) is 10.8 Å². The average molecular weight is 276 g/mol. The molecular weight excluding hydrogens is 268 g/mol. The van der Waals surface area contributed by atoms with Crippen molar-refractivity contribution in [3.63, 3.8) is 0 Å². The van der Waals surface area contributed by atoms with Crippen molar-refractivity contribution in [3.05, 3.63) is 41.0 Å². The quantitative estimate of drug-likeness (QED) is 0.669. The standard InChI is InChI=1S/C13H8O7/c14-10-8(12(17)18)4-7-5(9(10)13(19)20)2-1-3-6(7)11(15)16/h1-4,14H,(H,15,16)(H,17,18)(H,19,20). The Labute approximate surface area is 111 Å². The highest BCUT2D eigenvalue weighted by Gasteiger charge is 2.24. The van der Waals surface area contributed by atoms with Crippen LogP contribution in [-0.4, -0.2) is 38.3 Å². The number of carbonyl (C=O) groups is 3. The third-order valence-corrected chi connectivity index (χ3v) is 2.83. The molecule has 7 nitrogen and oxygen atoms in total. The average Bonchev–Trinajstić information content (AvgIpc) is 2.35. The Morgan fingerprint density at radius 3 is 1.90 bits per heavy atom. The molecule has 20 heavy (non-hydrogen) atoms. The van der Waals surface area contributed by atoms with Crippen molar-refractivity contribution in [2.45, 2.75) is 0 Å². The van der Waals surface area contributed by atoms with Crippen LogP contribution in [0.2, 0.25) is 0 Å². The van der Waals surface area contributed by atoms with E-state index in [9.17, 15) is 19.5 Å². The monoisotopic (exact) mass is 276 g/mol. The van der Waals surface area contributed by atoms with Gasteiger partial charge in [0.05, 0.1) is 5.56 Å². The highest BCUT2D eigenvalue weighted by molar-refractivity contribution is 6.15. The Morgan fingerprint density at radius 1 is 0.800 bits per heavy atom. The molecule has 102 valence electrons. The molecule has 2 rings (SSSR count). The number of rotatable bonds is 3. The molecule has 0 aliphatic carbocycles. The Bertz CT molecular complexity index is 761. The van der Waals surface area contributed by atoms with Gasteiger partial charge in [-0.05, 0) is 17.5 Å². The molecule has 2 aromatic carbocycles. The van der Waals surface area contributed by atoms with E-state index in [0.29, 0.717) is 0 Å². The second kappa shape index (κ2) is 4.54. The Kier molecular flexibility index (Phi) is 3.03. The molecule has 2 aromatic rings. The van der Waals surface area contributed by atoms with E-state index >= 15 is 0 Å². The second-order valence-electron chi connectivity index (χ2n) is 3.96. The first-order chi connectivity index (χ1) is 9.34. The normalized spacial score (nSPS) is 10.4. The van der Waals surface area contributed by atoms with Crippen LogP contribution >= 0.6 is 0 Å². The van der Waals surface area contributed by atoms with Gasteiger partial charge >= 0.3 is 17.9 Å². The third-order valence-electron chi connectivity index (χ3n) is 2.83. The topological polar surface area (TPSA) is 132 Å². The zero-order valence-electron chi connectivity index (χ0n) is 9.82. The van der Waals surface area contributed by atoms with Crippen molar-refractivity contribution in [2.75, 3.05) is 0 Å². The summed E-state index contributed by atoms with van der Waals surface area (Å²) in [6, 6.07) is 4.79. The molecule has 0 atom stereocenters. The molecule has 0 spiro atoms. The maximum atomic E-state index is 11.2. The van der Waals surface area contributed by atoms with Crippen molar-refractivity contribution >= 4 is 28.7 Å². The highest BCUT2D eigenvalue weighted by atomic mass is 16.4. The fourth-order valence-electron chi connectivity index (χ4n) is 1.98. The molecule has 0 fully saturated rings. The zero-order chi connectivity index (χ0) is 15.0. The van der Waals surface area contributed by atoms with Gasteiger partial charge < -0.3 is 20.4 Å². The third kappa shape index (κ3) is 1.91. The van der Waals surface area contributed by atoms with E-state index in [1.54, 1.807) is 0 Å². The molecule has 0 saturated carbocycles. The van der Waals surface area contributed by atoms with E-state index in [2.05, 4.69) is 0 Å². The maximum Gasteiger partial charge on any atom is 0.340 e. The lowest BCUT2D eigenvalue weighted by Crippen LogP contribution is -2.07. The molecule has 0 heterocycles. The summed E-state index contributed by atoms with van der Waals surface area (Å²) < 4.78 is 0. The molecule has 0 saturated heterocycles. The summed E-state index contributed by atoms with van der Waals surface area (Å²) in [6.07, 6.45) is 0. The highest BCUT2D eigenvalue weighted by Crippen LogP contribution is 2.33. The molecule has 0 bridgehead atoms. The van der Waals surface area contributed by atoms with Crippen LogP contribution in [0, 0.1) is 0 Å². The first-order valence-corrected chi connectivity index (χ1v) is 5.33. The number of fused-ring (bicyclic) bond motifs is 1. The lowest BCUT2D eigenvalue weighted by molar-refractivity contribution is 0.0677. The summed E-state index contributed by atoms with van der Waals surface area (Å²) in [6.45, 7) is 0. The van der Waals surface area contributed by atoms with Crippen molar-refractivity contribution in [3.8, 4) is 5.75 Å². The van der Waals surface area contributed by atoms with Gasteiger partial charge in [-0.1, -0.05) is 12.1 Å². The molecule has 0 unspecified atom stereocenters. The fourth-order valence-corrected chi connectivity index (χ4v) is 1.98. The Hall–Kier alpha value is -3.09. The molecule has 0 aliphatic heterocycles. The SMILES string of the molecule is O=C(O)c1cc2c(C(=O)O)cccc2c(C(=O)O)c1O. The van der Waals surface area contributed by atoms with Crippen LogP contribution in [0.1, 0.15) is 31.1 Å². The van der Waals surface area contributed by atoms with Crippen LogP contribution in [0.4, 0.5) is 0 Å². The van der Waals surface area contributed by atoms with E-state index in [-0.39, 0.29) is 16.3 Å². The van der Waals surface area contributed by atoms with E-state index < -0.39 is 34.8 Å². The summed E-state index contributed by atoms with van der Waals surface area (Å²) in [7, 11) is 0. The van der Waals surface area contributed by atoms with Gasteiger partial charge in [0.15, 0.2) is 0 Å². The van der Waals surface area contributed by atoms with Gasteiger partial charge in [-0.25, -0.2) is 14.4 Å². The van der Waals surface area contributed by atoms with Crippen molar-refractivity contribution in [1.29, 1.82) is 0 Å². The molecular formula is C13H8O7. The van der Waals surface area contributed by atoms with E-state index in [1.165, 1.54) is 18.2 Å². The predicted octanol–water partition coefficient (Wildman–Crippen LogP) is 1.64. The van der Waals surface area contributed by atoms with Gasteiger partial charge in [-0.2, -0.15) is 0 Å². The van der Waals surface area contributed by atoms with Gasteiger partial charge in [-0.3, -0.25) is 0 Å². The molecule has 7 heteroatoms. The van der Waals surface area contributed by atoms with Crippen LogP contribution in [0.15, 0.2) is 24.3 Å². The van der Waals surface area contributed by atoms with Crippen LogP contribution in [0.5, 0.6) is 5.75 Å². The van der Waals surface area contributed by atoms with Gasteiger partial charge in [-0.15, -0.1) is 0 Å². The number of hydrogen-bond donors (Lipinski definition) is 4. The lowest BCUT2D eigenvalue weighted by Gasteiger charge is -2.10. The van der Waals surface area contributed by atoms with E-state index in [4.69, 9.17) is 15.3 Å². The number of aromatic hydroxyl groups is 1. The molecule has 0 aromatic heterocycles. The van der Waals surface area contributed by atoms with Crippen molar-refractivity contribution in [2.24, 2.45) is 0 Å². The second-order valence-corrected chi connectivity index (χ2v) is 3.96. The number of carboxylic acids is 3. The van der Waals surface area contributed by atoms with Gasteiger partial charge in [0.2, 0.25) is 0 Å². The van der Waals surface area contributed by atoms with Crippen molar-refractivity contribution in [1.82, 2.24) is 0 Å². The van der Waals surface area contributed by atoms with Gasteiger partial charge in [0.25, 0.3) is 0 Å². The minimum Gasteiger partial charge on any atom is -0.506 e. The first-order valence-electron chi connectivity index (χ1n) is 5.33. The summed E-state index contributed by atoms with van der Waals surface area (Å²) in [4.78, 5) is 33.3. The first kappa shape index (κ1) is 13.3. The van der Waals surface area contributed by atoms with Crippen LogP contribution in [-0.2, 0) is 0 Å². The van der Waals surface area contributed by atoms with E-state index in [0.717, 1.165) is 6.07 Å². The summed E-state index contributed by atoms with van der Waals surface area (Å²) >= 11 is 0. The number of carboxylic acid groups (broad SMARTS) is 3. The minimum atomic E-state index is -1.55. The number of phenols is 1. The predicted molar refractivity (Wildman–Crippen MR) is 66.5 cm³/mol.